The van der Waals surface area contributed by atoms with E-state index in [-0.39, 0.29) is 11.9 Å². The highest BCUT2D eigenvalue weighted by molar-refractivity contribution is 5.99. The first kappa shape index (κ1) is 13.5. The van der Waals surface area contributed by atoms with Gasteiger partial charge in [0.1, 0.15) is 11.8 Å². The van der Waals surface area contributed by atoms with Gasteiger partial charge in [-0.05, 0) is 35.9 Å². The number of carbonyl (C=O) groups excluding carboxylic acids is 1. The SMILES string of the molecule is COc1ccc(N(C)C(=O)C2Cc3ccccc3N2)cc1. The minimum atomic E-state index is -0.200. The lowest BCUT2D eigenvalue weighted by molar-refractivity contribution is -0.118. The second-order valence-electron chi connectivity index (χ2n) is 5.15. The van der Waals surface area contributed by atoms with E-state index in [0.29, 0.717) is 0 Å². The highest BCUT2D eigenvalue weighted by atomic mass is 16.5. The molecule has 0 aromatic heterocycles. The Morgan fingerprint density at radius 1 is 1.19 bits per heavy atom. The van der Waals surface area contributed by atoms with E-state index >= 15 is 0 Å². The first-order valence-electron chi connectivity index (χ1n) is 6.95. The van der Waals surface area contributed by atoms with E-state index < -0.39 is 0 Å². The molecule has 0 fully saturated rings. The summed E-state index contributed by atoms with van der Waals surface area (Å²) in [4.78, 5) is 14.3. The van der Waals surface area contributed by atoms with E-state index in [2.05, 4.69) is 11.4 Å². The van der Waals surface area contributed by atoms with Gasteiger partial charge in [0.05, 0.1) is 7.11 Å². The molecule has 4 heteroatoms. The Bertz CT molecular complexity index is 627. The first-order valence-corrected chi connectivity index (χ1v) is 6.95. The molecule has 1 amide bonds. The number of carbonyl (C=O) groups is 1. The largest absolute Gasteiger partial charge is 0.497 e. The van der Waals surface area contributed by atoms with E-state index in [0.717, 1.165) is 23.5 Å². The Hall–Kier alpha value is -2.49. The summed E-state index contributed by atoms with van der Waals surface area (Å²) in [6.07, 6.45) is 0.732. The van der Waals surface area contributed by atoms with Gasteiger partial charge in [0.25, 0.3) is 0 Å². The van der Waals surface area contributed by atoms with Gasteiger partial charge in [0.15, 0.2) is 0 Å². The highest BCUT2D eigenvalue weighted by Crippen LogP contribution is 2.27. The predicted octanol–water partition coefficient (Wildman–Crippen LogP) is 2.69. The lowest BCUT2D eigenvalue weighted by Crippen LogP contribution is -2.39. The number of hydrogen-bond acceptors (Lipinski definition) is 3. The molecule has 1 aliphatic rings. The first-order chi connectivity index (χ1) is 10.2. The van der Waals surface area contributed by atoms with Crippen molar-refractivity contribution in [2.24, 2.45) is 0 Å². The van der Waals surface area contributed by atoms with E-state index in [1.54, 1.807) is 19.1 Å². The van der Waals surface area contributed by atoms with Crippen LogP contribution in [0.4, 0.5) is 11.4 Å². The van der Waals surface area contributed by atoms with Crippen molar-refractivity contribution in [2.45, 2.75) is 12.5 Å². The second-order valence-corrected chi connectivity index (χ2v) is 5.15. The van der Waals surface area contributed by atoms with Crippen molar-refractivity contribution < 1.29 is 9.53 Å². The Morgan fingerprint density at radius 3 is 2.57 bits per heavy atom. The number of nitrogens with zero attached hydrogens (tertiary/aromatic N) is 1. The summed E-state index contributed by atoms with van der Waals surface area (Å²) >= 11 is 0. The lowest BCUT2D eigenvalue weighted by atomic mass is 10.1. The van der Waals surface area contributed by atoms with Crippen LogP contribution >= 0.6 is 0 Å². The topological polar surface area (TPSA) is 41.6 Å². The van der Waals surface area contributed by atoms with Crippen LogP contribution in [0.25, 0.3) is 0 Å². The number of hydrogen-bond donors (Lipinski definition) is 1. The van der Waals surface area contributed by atoms with Gasteiger partial charge in [-0.2, -0.15) is 0 Å². The molecule has 0 saturated heterocycles. The minimum Gasteiger partial charge on any atom is -0.497 e. The van der Waals surface area contributed by atoms with Crippen LogP contribution in [0.3, 0.4) is 0 Å². The van der Waals surface area contributed by atoms with Crippen molar-refractivity contribution in [3.05, 3.63) is 54.1 Å². The molecule has 21 heavy (non-hydrogen) atoms. The van der Waals surface area contributed by atoms with Gasteiger partial charge in [-0.1, -0.05) is 18.2 Å². The standard InChI is InChI=1S/C17H18N2O2/c1-19(13-7-9-14(21-2)10-8-13)17(20)16-11-12-5-3-4-6-15(12)18-16/h3-10,16,18H,11H2,1-2H3. The molecule has 108 valence electrons. The zero-order valence-electron chi connectivity index (χ0n) is 12.2. The molecule has 2 aromatic carbocycles. The van der Waals surface area contributed by atoms with Gasteiger partial charge in [0.2, 0.25) is 5.91 Å². The van der Waals surface area contributed by atoms with Crippen LogP contribution in [0.5, 0.6) is 5.75 Å². The molecule has 1 heterocycles. The quantitative estimate of drug-likeness (QED) is 0.941. The molecular formula is C17H18N2O2. The van der Waals surface area contributed by atoms with Gasteiger partial charge in [-0.15, -0.1) is 0 Å². The van der Waals surface area contributed by atoms with Crippen molar-refractivity contribution in [2.75, 3.05) is 24.4 Å². The lowest BCUT2D eigenvalue weighted by Gasteiger charge is -2.21. The van der Waals surface area contributed by atoms with Crippen LogP contribution in [0.15, 0.2) is 48.5 Å². The van der Waals surface area contributed by atoms with Crippen molar-refractivity contribution in [1.29, 1.82) is 0 Å². The van der Waals surface area contributed by atoms with Crippen molar-refractivity contribution >= 4 is 17.3 Å². The van der Waals surface area contributed by atoms with Gasteiger partial charge >= 0.3 is 0 Å². The van der Waals surface area contributed by atoms with Gasteiger partial charge in [-0.3, -0.25) is 4.79 Å². The number of rotatable bonds is 3. The van der Waals surface area contributed by atoms with Crippen molar-refractivity contribution in [1.82, 2.24) is 0 Å². The summed E-state index contributed by atoms with van der Waals surface area (Å²) in [6, 6.07) is 15.3. The number of para-hydroxylation sites is 1. The molecule has 4 nitrogen and oxygen atoms in total. The molecule has 0 aliphatic carbocycles. The maximum absolute atomic E-state index is 12.6. The van der Waals surface area contributed by atoms with E-state index in [9.17, 15) is 4.79 Å². The van der Waals surface area contributed by atoms with E-state index in [1.165, 1.54) is 5.56 Å². The summed E-state index contributed by atoms with van der Waals surface area (Å²) in [5.74, 6) is 0.849. The van der Waals surface area contributed by atoms with E-state index in [1.807, 2.05) is 42.5 Å². The number of likely N-dealkylation sites (N-methyl/N-ethyl adjacent to an activating group) is 1. The molecule has 0 spiro atoms. The number of methoxy groups -OCH3 is 1. The minimum absolute atomic E-state index is 0.0661. The summed E-state index contributed by atoms with van der Waals surface area (Å²) in [7, 11) is 3.43. The molecule has 1 N–H and O–H groups in total. The van der Waals surface area contributed by atoms with E-state index in [4.69, 9.17) is 4.74 Å². The van der Waals surface area contributed by atoms with Crippen LogP contribution in [-0.4, -0.2) is 26.1 Å². The van der Waals surface area contributed by atoms with Crippen molar-refractivity contribution in [3.63, 3.8) is 0 Å². The summed E-state index contributed by atoms with van der Waals surface area (Å²) in [5.41, 5.74) is 3.11. The number of amides is 1. The fourth-order valence-electron chi connectivity index (χ4n) is 2.61. The zero-order chi connectivity index (χ0) is 14.8. The normalized spacial score (nSPS) is 16.0. The van der Waals surface area contributed by atoms with Crippen LogP contribution in [0, 0.1) is 0 Å². The Morgan fingerprint density at radius 2 is 1.90 bits per heavy atom. The Balaban J connectivity index is 1.73. The number of ether oxygens (including phenoxy) is 1. The summed E-state index contributed by atoms with van der Waals surface area (Å²) < 4.78 is 5.14. The fraction of sp³-hybridized carbons (Fsp3) is 0.235. The Kier molecular flexibility index (Phi) is 3.52. The third-order valence-corrected chi connectivity index (χ3v) is 3.86. The molecule has 0 radical (unpaired) electrons. The smallest absolute Gasteiger partial charge is 0.249 e. The molecule has 1 unspecified atom stereocenters. The molecule has 0 saturated carbocycles. The average Bonchev–Trinajstić information content (AvgIpc) is 2.97. The van der Waals surface area contributed by atoms with Gasteiger partial charge < -0.3 is 15.0 Å². The monoisotopic (exact) mass is 282 g/mol. The predicted molar refractivity (Wildman–Crippen MR) is 84.0 cm³/mol. The third-order valence-electron chi connectivity index (χ3n) is 3.86. The molecule has 2 aromatic rings. The maximum atomic E-state index is 12.6. The van der Waals surface area contributed by atoms with Crippen LogP contribution in [-0.2, 0) is 11.2 Å². The molecule has 1 atom stereocenters. The van der Waals surface area contributed by atoms with Crippen LogP contribution in [0.1, 0.15) is 5.56 Å². The van der Waals surface area contributed by atoms with Gasteiger partial charge in [0, 0.05) is 24.8 Å². The molecule has 0 bridgehead atoms. The third kappa shape index (κ3) is 2.57. The Labute approximate surface area is 124 Å². The number of benzene rings is 2. The molecule has 3 rings (SSSR count). The summed E-state index contributed by atoms with van der Waals surface area (Å²) in [6.45, 7) is 0. The number of fused-ring (bicyclic) bond motifs is 1. The molecule has 1 aliphatic heterocycles. The van der Waals surface area contributed by atoms with Crippen LogP contribution in [0.2, 0.25) is 0 Å². The zero-order valence-corrected chi connectivity index (χ0v) is 12.2. The summed E-state index contributed by atoms with van der Waals surface area (Å²) in [5, 5.41) is 3.29. The molecular weight excluding hydrogens is 264 g/mol. The number of anilines is 2. The second kappa shape index (κ2) is 5.48. The van der Waals surface area contributed by atoms with Gasteiger partial charge in [-0.25, -0.2) is 0 Å². The highest BCUT2D eigenvalue weighted by Gasteiger charge is 2.29. The fourth-order valence-corrected chi connectivity index (χ4v) is 2.61. The van der Waals surface area contributed by atoms with Crippen LogP contribution < -0.4 is 15.0 Å². The number of nitrogens with one attached hydrogen (secondary N) is 1. The maximum Gasteiger partial charge on any atom is 0.249 e. The average molecular weight is 282 g/mol. The van der Waals surface area contributed by atoms with Crippen molar-refractivity contribution in [3.8, 4) is 5.75 Å².